The summed E-state index contributed by atoms with van der Waals surface area (Å²) < 4.78 is 6.78. The molecule has 1 N–H and O–H groups in total. The molecule has 1 saturated heterocycles. The smallest absolute Gasteiger partial charge is 0.328 e. The van der Waals surface area contributed by atoms with Crippen LogP contribution in [0.4, 0.5) is 0 Å². The molecule has 1 atom stereocenters. The van der Waals surface area contributed by atoms with E-state index >= 15 is 0 Å². The Balaban J connectivity index is 1.74. The highest BCUT2D eigenvalue weighted by Crippen LogP contribution is 2.23. The van der Waals surface area contributed by atoms with Crippen LogP contribution in [0.5, 0.6) is 0 Å². The van der Waals surface area contributed by atoms with E-state index in [9.17, 15) is 14.7 Å². The van der Waals surface area contributed by atoms with Crippen molar-refractivity contribution in [3.63, 3.8) is 0 Å². The fourth-order valence-electron chi connectivity index (χ4n) is 3.23. The second-order valence-electron chi connectivity index (χ2n) is 6.24. The van der Waals surface area contributed by atoms with Crippen molar-refractivity contribution in [2.24, 2.45) is 0 Å². The molecule has 1 aliphatic heterocycles. The van der Waals surface area contributed by atoms with Gasteiger partial charge in [0, 0.05) is 29.7 Å². The van der Waals surface area contributed by atoms with E-state index < -0.39 is 17.9 Å². The Hall–Kier alpha value is -3.33. The number of hydrogen-bond acceptors (Lipinski definition) is 6. The Labute approximate surface area is 154 Å². The Morgan fingerprint density at radius 3 is 2.96 bits per heavy atom. The van der Waals surface area contributed by atoms with Gasteiger partial charge in [-0.2, -0.15) is 0 Å². The monoisotopic (exact) mass is 367 g/mol. The number of rotatable bonds is 3. The maximum absolute atomic E-state index is 12.9. The molecule has 0 aliphatic carbocycles. The Bertz CT molecular complexity index is 1030. The van der Waals surface area contributed by atoms with Crippen LogP contribution in [0, 0.1) is 6.92 Å². The molecular weight excluding hydrogens is 350 g/mol. The Morgan fingerprint density at radius 1 is 1.30 bits per heavy atom. The average Bonchev–Trinajstić information content (AvgIpc) is 3.08. The van der Waals surface area contributed by atoms with Gasteiger partial charge in [0.05, 0.1) is 24.6 Å². The number of nitrogens with zero attached hydrogens (tertiary/aromatic N) is 5. The summed E-state index contributed by atoms with van der Waals surface area (Å²) in [7, 11) is 0. The third kappa shape index (κ3) is 2.91. The zero-order valence-electron chi connectivity index (χ0n) is 14.6. The number of aromatic nitrogens is 4. The van der Waals surface area contributed by atoms with Crippen LogP contribution < -0.4 is 0 Å². The van der Waals surface area contributed by atoms with Crippen LogP contribution >= 0.6 is 0 Å². The van der Waals surface area contributed by atoms with Gasteiger partial charge in [-0.1, -0.05) is 17.3 Å². The van der Waals surface area contributed by atoms with Crippen LogP contribution in [0.1, 0.15) is 16.2 Å². The van der Waals surface area contributed by atoms with Crippen molar-refractivity contribution >= 4 is 22.6 Å². The lowest BCUT2D eigenvalue weighted by Gasteiger charge is -2.32. The minimum Gasteiger partial charge on any atom is -0.480 e. The molecule has 138 valence electrons. The van der Waals surface area contributed by atoms with Gasteiger partial charge in [0.2, 0.25) is 0 Å². The maximum atomic E-state index is 12.9. The van der Waals surface area contributed by atoms with Crippen molar-refractivity contribution in [1.82, 2.24) is 24.9 Å². The molecular formula is C18H17N5O4. The van der Waals surface area contributed by atoms with Gasteiger partial charge in [-0.25, -0.2) is 9.48 Å². The first kappa shape index (κ1) is 17.1. The number of benzene rings is 1. The molecule has 0 bridgehead atoms. The highest BCUT2D eigenvalue weighted by molar-refractivity contribution is 5.96. The number of pyridine rings is 1. The van der Waals surface area contributed by atoms with Crippen LogP contribution in [0.25, 0.3) is 16.5 Å². The van der Waals surface area contributed by atoms with E-state index in [2.05, 4.69) is 15.3 Å². The van der Waals surface area contributed by atoms with E-state index in [-0.39, 0.29) is 18.8 Å². The Morgan fingerprint density at radius 2 is 2.15 bits per heavy atom. The molecule has 1 aromatic carbocycles. The number of aliphatic carboxylic acids is 1. The van der Waals surface area contributed by atoms with Crippen LogP contribution in [-0.2, 0) is 9.53 Å². The number of amides is 1. The van der Waals surface area contributed by atoms with Gasteiger partial charge >= 0.3 is 5.97 Å². The van der Waals surface area contributed by atoms with Crippen molar-refractivity contribution < 1.29 is 19.4 Å². The second kappa shape index (κ2) is 6.76. The summed E-state index contributed by atoms with van der Waals surface area (Å²) in [6.45, 7) is 2.19. The Kier molecular flexibility index (Phi) is 4.28. The summed E-state index contributed by atoms with van der Waals surface area (Å²) >= 11 is 0. The molecule has 9 nitrogen and oxygen atoms in total. The van der Waals surface area contributed by atoms with Crippen molar-refractivity contribution in [2.45, 2.75) is 13.0 Å². The van der Waals surface area contributed by atoms with Crippen LogP contribution in [0.2, 0.25) is 0 Å². The topological polar surface area (TPSA) is 110 Å². The fourth-order valence-corrected chi connectivity index (χ4v) is 3.23. The first-order valence-corrected chi connectivity index (χ1v) is 8.45. The lowest BCUT2D eigenvalue weighted by Crippen LogP contribution is -2.52. The third-order valence-corrected chi connectivity index (χ3v) is 4.66. The first-order chi connectivity index (χ1) is 13.1. The molecule has 1 unspecified atom stereocenters. The molecule has 1 amide bonds. The summed E-state index contributed by atoms with van der Waals surface area (Å²) in [5.74, 6) is -1.56. The fraction of sp³-hybridized carbons (Fsp3) is 0.278. The van der Waals surface area contributed by atoms with Gasteiger partial charge in [-0.15, -0.1) is 5.10 Å². The van der Waals surface area contributed by atoms with Crippen molar-refractivity contribution in [3.8, 4) is 5.69 Å². The zero-order valence-corrected chi connectivity index (χ0v) is 14.6. The van der Waals surface area contributed by atoms with Crippen molar-refractivity contribution in [3.05, 3.63) is 48.0 Å². The van der Waals surface area contributed by atoms with E-state index in [1.807, 2.05) is 24.3 Å². The molecule has 2 aromatic heterocycles. The molecule has 3 heterocycles. The number of morpholine rings is 1. The third-order valence-electron chi connectivity index (χ3n) is 4.66. The minimum absolute atomic E-state index is 0.0371. The summed E-state index contributed by atoms with van der Waals surface area (Å²) in [4.78, 5) is 29.8. The van der Waals surface area contributed by atoms with Crippen molar-refractivity contribution in [1.29, 1.82) is 0 Å². The molecule has 4 rings (SSSR count). The lowest BCUT2D eigenvalue weighted by atomic mass is 10.1. The molecule has 1 aliphatic rings. The summed E-state index contributed by atoms with van der Waals surface area (Å²) in [6.07, 6.45) is 3.44. The molecule has 0 spiro atoms. The largest absolute Gasteiger partial charge is 0.480 e. The quantitative estimate of drug-likeness (QED) is 0.736. The van der Waals surface area contributed by atoms with Gasteiger partial charge in [0.25, 0.3) is 5.91 Å². The van der Waals surface area contributed by atoms with Crippen LogP contribution in [-0.4, -0.2) is 67.7 Å². The molecule has 9 heteroatoms. The highest BCUT2D eigenvalue weighted by atomic mass is 16.5. The summed E-state index contributed by atoms with van der Waals surface area (Å²) in [5, 5.41) is 19.4. The normalized spacial score (nSPS) is 17.2. The molecule has 3 aromatic rings. The van der Waals surface area contributed by atoms with E-state index in [4.69, 9.17) is 4.74 Å². The van der Waals surface area contributed by atoms with Gasteiger partial charge in [-0.05, 0) is 19.1 Å². The number of carboxylic acids is 1. The maximum Gasteiger partial charge on any atom is 0.328 e. The van der Waals surface area contributed by atoms with Crippen LogP contribution in [0.15, 0.2) is 36.7 Å². The van der Waals surface area contributed by atoms with Gasteiger partial charge < -0.3 is 14.7 Å². The number of ether oxygens (including phenoxy) is 1. The summed E-state index contributed by atoms with van der Waals surface area (Å²) in [6, 6.07) is 6.54. The zero-order chi connectivity index (χ0) is 19.0. The molecule has 27 heavy (non-hydrogen) atoms. The van der Waals surface area contributed by atoms with Crippen LogP contribution in [0.3, 0.4) is 0 Å². The van der Waals surface area contributed by atoms with E-state index in [1.165, 1.54) is 4.90 Å². The molecule has 0 radical (unpaired) electrons. The van der Waals surface area contributed by atoms with E-state index in [1.54, 1.807) is 24.0 Å². The second-order valence-corrected chi connectivity index (χ2v) is 6.24. The minimum atomic E-state index is -1.10. The molecule has 1 fully saturated rings. The number of carbonyl (C=O) groups is 2. The van der Waals surface area contributed by atoms with Gasteiger partial charge in [0.1, 0.15) is 0 Å². The average molecular weight is 367 g/mol. The van der Waals surface area contributed by atoms with Gasteiger partial charge in [-0.3, -0.25) is 9.78 Å². The predicted molar refractivity (Wildman–Crippen MR) is 94.7 cm³/mol. The predicted octanol–water partition coefficient (Wildman–Crippen LogP) is 1.05. The van der Waals surface area contributed by atoms with E-state index in [0.29, 0.717) is 12.3 Å². The number of hydrogen-bond donors (Lipinski definition) is 1. The van der Waals surface area contributed by atoms with Gasteiger partial charge in [0.15, 0.2) is 11.7 Å². The van der Waals surface area contributed by atoms with E-state index in [0.717, 1.165) is 16.5 Å². The number of fused-ring (bicyclic) bond motifs is 1. The lowest BCUT2D eigenvalue weighted by molar-refractivity contribution is -0.147. The highest BCUT2D eigenvalue weighted by Gasteiger charge is 2.35. The first-order valence-electron chi connectivity index (χ1n) is 8.45. The SMILES string of the molecule is Cc1c(C(=O)N2CCOCC2C(=O)O)nnn1-c1cccc2cnccc12. The number of carbonyl (C=O) groups excluding carboxylic acids is 1. The summed E-state index contributed by atoms with van der Waals surface area (Å²) in [5.41, 5.74) is 1.45. The number of carboxylic acid groups (broad SMARTS) is 1. The van der Waals surface area contributed by atoms with Crippen molar-refractivity contribution in [2.75, 3.05) is 19.8 Å². The molecule has 0 saturated carbocycles. The standard InChI is InChI=1S/C18H17N5O4/c1-11-16(17(24)22-7-8-27-10-15(22)18(25)26)20-21-23(11)14-4-2-3-12-9-19-6-5-13(12)14/h2-6,9,15H,7-8,10H2,1H3,(H,25,26).